The highest BCUT2D eigenvalue weighted by atomic mass is 16.5. The SMILES string of the molecule is CCCCCCOc1cc(C(NC(=O)CCCC)NC(=O)CCCC)ccc1OC. The van der Waals surface area contributed by atoms with Crippen molar-refractivity contribution in [3.63, 3.8) is 0 Å². The summed E-state index contributed by atoms with van der Waals surface area (Å²) in [4.78, 5) is 24.7. The molecule has 0 saturated carbocycles. The highest BCUT2D eigenvalue weighted by molar-refractivity contribution is 5.79. The molecule has 0 spiro atoms. The van der Waals surface area contributed by atoms with Crippen LogP contribution in [0.3, 0.4) is 0 Å². The number of ether oxygens (including phenoxy) is 2. The molecular weight excluding hydrogens is 380 g/mol. The zero-order chi connectivity index (χ0) is 22.2. The van der Waals surface area contributed by atoms with E-state index in [2.05, 4.69) is 17.6 Å². The zero-order valence-electron chi connectivity index (χ0n) is 19.2. The topological polar surface area (TPSA) is 76.7 Å². The number of benzene rings is 1. The first kappa shape index (κ1) is 25.8. The lowest BCUT2D eigenvalue weighted by Crippen LogP contribution is -2.41. The van der Waals surface area contributed by atoms with Crippen LogP contribution in [0.1, 0.15) is 96.7 Å². The van der Waals surface area contributed by atoms with E-state index in [4.69, 9.17) is 9.47 Å². The van der Waals surface area contributed by atoms with Crippen molar-refractivity contribution in [2.75, 3.05) is 13.7 Å². The van der Waals surface area contributed by atoms with Gasteiger partial charge in [0.25, 0.3) is 0 Å². The molecule has 0 heterocycles. The number of methoxy groups -OCH3 is 1. The van der Waals surface area contributed by atoms with E-state index in [1.165, 1.54) is 12.8 Å². The number of rotatable bonds is 16. The molecule has 170 valence electrons. The molecule has 0 aliphatic carbocycles. The molecule has 1 aromatic rings. The number of carbonyl (C=O) groups excluding carboxylic acids is 2. The van der Waals surface area contributed by atoms with Gasteiger partial charge in [-0.15, -0.1) is 0 Å². The van der Waals surface area contributed by atoms with Crippen LogP contribution in [0.4, 0.5) is 0 Å². The number of carbonyl (C=O) groups is 2. The van der Waals surface area contributed by atoms with Gasteiger partial charge in [-0.3, -0.25) is 9.59 Å². The van der Waals surface area contributed by atoms with Crippen LogP contribution in [0.25, 0.3) is 0 Å². The summed E-state index contributed by atoms with van der Waals surface area (Å²) in [5, 5.41) is 5.91. The number of nitrogens with one attached hydrogen (secondary N) is 2. The Hall–Kier alpha value is -2.24. The summed E-state index contributed by atoms with van der Waals surface area (Å²) >= 11 is 0. The largest absolute Gasteiger partial charge is 0.493 e. The lowest BCUT2D eigenvalue weighted by atomic mass is 10.1. The molecule has 0 fully saturated rings. The Bertz CT molecular complexity index is 612. The van der Waals surface area contributed by atoms with Crippen LogP contribution >= 0.6 is 0 Å². The van der Waals surface area contributed by atoms with E-state index in [9.17, 15) is 9.59 Å². The van der Waals surface area contributed by atoms with Gasteiger partial charge in [0.05, 0.1) is 13.7 Å². The normalized spacial score (nSPS) is 10.7. The van der Waals surface area contributed by atoms with Crippen LogP contribution in [0.5, 0.6) is 11.5 Å². The third kappa shape index (κ3) is 9.99. The molecule has 0 unspecified atom stereocenters. The van der Waals surface area contributed by atoms with Crippen LogP contribution in [-0.4, -0.2) is 25.5 Å². The van der Waals surface area contributed by atoms with Gasteiger partial charge in [0.15, 0.2) is 11.5 Å². The Morgan fingerprint density at radius 2 is 1.43 bits per heavy atom. The fourth-order valence-electron chi connectivity index (χ4n) is 3.04. The molecule has 0 atom stereocenters. The molecule has 1 rings (SSSR count). The van der Waals surface area contributed by atoms with Crippen LogP contribution in [-0.2, 0) is 9.59 Å². The minimum atomic E-state index is -0.591. The third-order valence-electron chi connectivity index (χ3n) is 4.90. The first-order valence-corrected chi connectivity index (χ1v) is 11.4. The van der Waals surface area contributed by atoms with Gasteiger partial charge in [0.2, 0.25) is 11.8 Å². The summed E-state index contributed by atoms with van der Waals surface area (Å²) in [7, 11) is 1.61. The first-order chi connectivity index (χ1) is 14.5. The molecule has 0 saturated heterocycles. The molecule has 1 aromatic carbocycles. The molecule has 0 aromatic heterocycles. The van der Waals surface area contributed by atoms with Gasteiger partial charge in [-0.1, -0.05) is 58.9 Å². The Kier molecular flexibility index (Phi) is 13.4. The summed E-state index contributed by atoms with van der Waals surface area (Å²) in [6.45, 7) is 6.88. The van der Waals surface area contributed by atoms with E-state index < -0.39 is 6.17 Å². The monoisotopic (exact) mass is 420 g/mol. The highest BCUT2D eigenvalue weighted by Gasteiger charge is 2.19. The smallest absolute Gasteiger partial charge is 0.221 e. The minimum Gasteiger partial charge on any atom is -0.493 e. The molecule has 0 aliphatic heterocycles. The van der Waals surface area contributed by atoms with Crippen LogP contribution in [0.15, 0.2) is 18.2 Å². The maximum Gasteiger partial charge on any atom is 0.221 e. The molecule has 0 radical (unpaired) electrons. The highest BCUT2D eigenvalue weighted by Crippen LogP contribution is 2.30. The van der Waals surface area contributed by atoms with Crippen LogP contribution in [0.2, 0.25) is 0 Å². The van der Waals surface area contributed by atoms with Gasteiger partial charge in [0.1, 0.15) is 6.17 Å². The number of unbranched alkanes of at least 4 members (excludes halogenated alkanes) is 5. The lowest BCUT2D eigenvalue weighted by Gasteiger charge is -2.22. The Balaban J connectivity index is 2.94. The fraction of sp³-hybridized carbons (Fsp3) is 0.667. The van der Waals surface area contributed by atoms with Crippen molar-refractivity contribution >= 4 is 11.8 Å². The average Bonchev–Trinajstić information content (AvgIpc) is 2.75. The summed E-state index contributed by atoms with van der Waals surface area (Å²) in [5.41, 5.74) is 0.772. The van der Waals surface area contributed by atoms with Gasteiger partial charge in [0, 0.05) is 12.8 Å². The van der Waals surface area contributed by atoms with Crippen molar-refractivity contribution in [2.45, 2.75) is 91.1 Å². The predicted molar refractivity (Wildman–Crippen MR) is 121 cm³/mol. The molecular formula is C24H40N2O4. The van der Waals surface area contributed by atoms with Gasteiger partial charge < -0.3 is 20.1 Å². The van der Waals surface area contributed by atoms with Gasteiger partial charge in [-0.25, -0.2) is 0 Å². The first-order valence-electron chi connectivity index (χ1n) is 11.4. The maximum absolute atomic E-state index is 12.3. The Morgan fingerprint density at radius 1 is 0.833 bits per heavy atom. The van der Waals surface area contributed by atoms with E-state index in [-0.39, 0.29) is 11.8 Å². The van der Waals surface area contributed by atoms with Crippen molar-refractivity contribution in [3.8, 4) is 11.5 Å². The van der Waals surface area contributed by atoms with Crippen LogP contribution < -0.4 is 20.1 Å². The summed E-state index contributed by atoms with van der Waals surface area (Å²) in [5.74, 6) is 1.12. The Labute approximate surface area is 182 Å². The molecule has 0 aliphatic rings. The van der Waals surface area contributed by atoms with Crippen LogP contribution in [0, 0.1) is 0 Å². The van der Waals surface area contributed by atoms with Gasteiger partial charge in [-0.2, -0.15) is 0 Å². The van der Waals surface area contributed by atoms with Crippen molar-refractivity contribution in [3.05, 3.63) is 23.8 Å². The van der Waals surface area contributed by atoms with Gasteiger partial charge >= 0.3 is 0 Å². The van der Waals surface area contributed by atoms with E-state index in [1.807, 2.05) is 32.0 Å². The Morgan fingerprint density at radius 3 is 1.97 bits per heavy atom. The molecule has 2 amide bonds. The number of hydrogen-bond donors (Lipinski definition) is 2. The average molecular weight is 421 g/mol. The van der Waals surface area contributed by atoms with E-state index >= 15 is 0 Å². The quantitative estimate of drug-likeness (QED) is 0.282. The van der Waals surface area contributed by atoms with Crippen molar-refractivity contribution < 1.29 is 19.1 Å². The zero-order valence-corrected chi connectivity index (χ0v) is 19.2. The number of hydrogen-bond acceptors (Lipinski definition) is 4. The molecule has 0 bridgehead atoms. The van der Waals surface area contributed by atoms with E-state index in [0.29, 0.717) is 30.9 Å². The molecule has 6 heteroatoms. The minimum absolute atomic E-state index is 0.0736. The molecule has 30 heavy (non-hydrogen) atoms. The standard InChI is InChI=1S/C24H40N2O4/c1-5-8-11-12-17-30-21-18-19(15-16-20(21)29-4)24(25-22(27)13-9-6-2)26-23(28)14-10-7-3/h15-16,18,24H,5-14,17H2,1-4H3,(H,25,27)(H,26,28). The summed E-state index contributed by atoms with van der Waals surface area (Å²) in [6, 6.07) is 5.53. The molecule has 6 nitrogen and oxygen atoms in total. The predicted octanol–water partition coefficient (Wildman–Crippen LogP) is 5.27. The van der Waals surface area contributed by atoms with E-state index in [0.717, 1.165) is 44.1 Å². The van der Waals surface area contributed by atoms with Crippen molar-refractivity contribution in [1.82, 2.24) is 10.6 Å². The fourth-order valence-corrected chi connectivity index (χ4v) is 3.04. The van der Waals surface area contributed by atoms with Crippen molar-refractivity contribution in [1.29, 1.82) is 0 Å². The third-order valence-corrected chi connectivity index (χ3v) is 4.90. The second-order valence-electron chi connectivity index (χ2n) is 7.59. The summed E-state index contributed by atoms with van der Waals surface area (Å²) in [6.07, 6.45) is 8.28. The molecule has 2 N–H and O–H groups in total. The van der Waals surface area contributed by atoms with E-state index in [1.54, 1.807) is 7.11 Å². The second-order valence-corrected chi connectivity index (χ2v) is 7.59. The van der Waals surface area contributed by atoms with Crippen molar-refractivity contribution in [2.24, 2.45) is 0 Å². The van der Waals surface area contributed by atoms with Gasteiger partial charge in [-0.05, 0) is 37.0 Å². The lowest BCUT2D eigenvalue weighted by molar-refractivity contribution is -0.124. The summed E-state index contributed by atoms with van der Waals surface area (Å²) < 4.78 is 11.4. The second kappa shape index (κ2) is 15.6. The maximum atomic E-state index is 12.3. The number of amides is 2.